The normalized spacial score (nSPS) is 17.9. The SMILES string of the molecule is NOCOC(=O)C1=Cc2cc(C(O)(O)O)cc(C(O)(O)O)c2OC1C(F)(F)F.OC1CNC1.[NH3+]O. The molecule has 15 nitrogen and oxygen atoms in total. The number of aliphatic hydroxyl groups is 7. The number of esters is 1. The average Bonchev–Trinajstić information content (AvgIpc) is 2.74. The number of hydrogen-bond donors (Lipinski definition) is 11. The summed E-state index contributed by atoms with van der Waals surface area (Å²) >= 11 is 0. The predicted octanol–water partition coefficient (Wildman–Crippen LogP) is -4.47. The van der Waals surface area contributed by atoms with Crippen LogP contribution in [0.1, 0.15) is 16.7 Å². The van der Waals surface area contributed by atoms with E-state index in [0.717, 1.165) is 13.1 Å². The van der Waals surface area contributed by atoms with Crippen LogP contribution in [-0.2, 0) is 26.3 Å². The molecule has 1 aromatic rings. The van der Waals surface area contributed by atoms with Gasteiger partial charge in [-0.3, -0.25) is 4.84 Å². The number of β-amino-alcohol motifs (C(OH)–C–C–N with tert-alkyl or cyclic N) is 1. The number of benzene rings is 1. The van der Waals surface area contributed by atoms with Crippen LogP contribution in [-0.4, -0.2) is 85.2 Å². The molecule has 1 fully saturated rings. The first-order valence-corrected chi connectivity index (χ1v) is 9.23. The summed E-state index contributed by atoms with van der Waals surface area (Å²) in [6, 6.07) is 1.02. The molecule has 1 aromatic carbocycles. The number of fused-ring (bicyclic) bond motifs is 1. The highest BCUT2D eigenvalue weighted by Crippen LogP contribution is 2.43. The monoisotopic (exact) mass is 520 g/mol. The fraction of sp³-hybridized carbons (Fsp3) is 0.471. The van der Waals surface area contributed by atoms with Crippen molar-refractivity contribution in [3.8, 4) is 5.75 Å². The Labute approximate surface area is 193 Å². The van der Waals surface area contributed by atoms with Gasteiger partial charge in [0.1, 0.15) is 5.75 Å². The Bertz CT molecular complexity index is 895. The molecule has 14 N–H and O–H groups in total. The first-order valence-electron chi connectivity index (χ1n) is 9.23. The lowest BCUT2D eigenvalue weighted by Gasteiger charge is -2.31. The van der Waals surface area contributed by atoms with Gasteiger partial charge in [-0.1, -0.05) is 0 Å². The van der Waals surface area contributed by atoms with E-state index in [1.807, 2.05) is 0 Å². The second kappa shape index (κ2) is 12.0. The maximum atomic E-state index is 13.3. The fourth-order valence-electron chi connectivity index (χ4n) is 2.61. The van der Waals surface area contributed by atoms with Crippen LogP contribution in [0, 0.1) is 0 Å². The number of nitrogens with two attached hydrogens (primary N) is 1. The Morgan fingerprint density at radius 1 is 1.11 bits per heavy atom. The molecular weight excluding hydrogens is 495 g/mol. The molecule has 2 heterocycles. The summed E-state index contributed by atoms with van der Waals surface area (Å²) in [6.45, 7) is 0.680. The predicted molar refractivity (Wildman–Crippen MR) is 101 cm³/mol. The molecule has 0 radical (unpaired) electrons. The minimum Gasteiger partial charge on any atom is -0.475 e. The number of alkyl halides is 3. The summed E-state index contributed by atoms with van der Waals surface area (Å²) in [5.74, 6) is -3.05. The molecular formula is C17H25F3N3O12+. The minimum absolute atomic E-state index is 0.0463. The van der Waals surface area contributed by atoms with E-state index in [1.165, 1.54) is 0 Å². The van der Waals surface area contributed by atoms with Crippen LogP contribution in [0.25, 0.3) is 6.08 Å². The van der Waals surface area contributed by atoms with E-state index in [-0.39, 0.29) is 6.10 Å². The topological polar surface area (TPSA) is 272 Å². The molecule has 1 unspecified atom stereocenters. The van der Waals surface area contributed by atoms with Gasteiger partial charge in [0, 0.05) is 24.2 Å². The van der Waals surface area contributed by atoms with Crippen molar-refractivity contribution in [3.05, 3.63) is 34.4 Å². The van der Waals surface area contributed by atoms with Crippen molar-refractivity contribution < 1.29 is 79.1 Å². The zero-order chi connectivity index (χ0) is 27.2. The Balaban J connectivity index is 0.000000759. The molecule has 35 heavy (non-hydrogen) atoms. The standard InChI is InChI=1S/C14H14F3NO10.C3H7NO.H4NO/c15-12(16,17)10-7(11(19)26-4-27-18)2-5-1-6(13(20,21)22)3-8(9(5)28-10)14(23,24)25;5-3-1-4-2-3;1-2/h1-3,10,20-25H,4,18H2;3-5H,1-2H2;2H,1H3/q;;+1. The van der Waals surface area contributed by atoms with Gasteiger partial charge in [-0.15, -0.1) is 0 Å². The summed E-state index contributed by atoms with van der Waals surface area (Å²) in [5.41, 5.74) is -3.77. The van der Waals surface area contributed by atoms with E-state index in [4.69, 9.17) is 10.3 Å². The molecule has 200 valence electrons. The van der Waals surface area contributed by atoms with Crippen molar-refractivity contribution in [1.82, 2.24) is 5.32 Å². The van der Waals surface area contributed by atoms with Crippen molar-refractivity contribution in [2.24, 2.45) is 5.90 Å². The van der Waals surface area contributed by atoms with Gasteiger partial charge >= 0.3 is 24.1 Å². The number of halogens is 3. The van der Waals surface area contributed by atoms with Crippen LogP contribution in [0.5, 0.6) is 5.75 Å². The molecule has 1 saturated heterocycles. The third-order valence-corrected chi connectivity index (χ3v) is 4.25. The summed E-state index contributed by atoms with van der Waals surface area (Å²) in [7, 11) is 0. The van der Waals surface area contributed by atoms with Gasteiger partial charge in [-0.25, -0.2) is 21.8 Å². The second-order valence-corrected chi connectivity index (χ2v) is 6.88. The summed E-state index contributed by atoms with van der Waals surface area (Å²) < 4.78 is 49.0. The van der Waals surface area contributed by atoms with E-state index in [9.17, 15) is 48.6 Å². The van der Waals surface area contributed by atoms with Crippen LogP contribution in [0.15, 0.2) is 17.7 Å². The van der Waals surface area contributed by atoms with E-state index in [2.05, 4.69) is 31.4 Å². The van der Waals surface area contributed by atoms with Crippen molar-refractivity contribution in [2.45, 2.75) is 30.3 Å². The molecule has 0 aliphatic carbocycles. The van der Waals surface area contributed by atoms with Gasteiger partial charge in [0.25, 0.3) is 0 Å². The molecule has 0 saturated carbocycles. The van der Waals surface area contributed by atoms with E-state index in [0.29, 0.717) is 18.2 Å². The lowest BCUT2D eigenvalue weighted by Crippen LogP contribution is -2.46. The molecule has 18 heteroatoms. The number of nitrogens with one attached hydrogen (secondary N) is 1. The highest BCUT2D eigenvalue weighted by Gasteiger charge is 2.50. The zero-order valence-electron chi connectivity index (χ0n) is 17.6. The van der Waals surface area contributed by atoms with Crippen LogP contribution in [0.2, 0.25) is 0 Å². The van der Waals surface area contributed by atoms with Crippen LogP contribution in [0.3, 0.4) is 0 Å². The first-order chi connectivity index (χ1) is 16.1. The third kappa shape index (κ3) is 8.31. The quantitative estimate of drug-likeness (QED) is 0.0993. The van der Waals surface area contributed by atoms with Crippen molar-refractivity contribution in [3.63, 3.8) is 0 Å². The Morgan fingerprint density at radius 3 is 2.03 bits per heavy atom. The Morgan fingerprint density at radius 2 is 1.66 bits per heavy atom. The van der Waals surface area contributed by atoms with Crippen LogP contribution < -0.4 is 21.8 Å². The highest BCUT2D eigenvalue weighted by atomic mass is 19.4. The summed E-state index contributed by atoms with van der Waals surface area (Å²) in [5, 5.41) is 73.9. The van der Waals surface area contributed by atoms with Crippen molar-refractivity contribution in [1.29, 1.82) is 0 Å². The third-order valence-electron chi connectivity index (χ3n) is 4.25. The second-order valence-electron chi connectivity index (χ2n) is 6.88. The molecule has 1 atom stereocenters. The molecule has 0 aromatic heterocycles. The summed E-state index contributed by atoms with van der Waals surface area (Å²) in [4.78, 5) is 15.8. The number of ether oxygens (including phenoxy) is 2. The maximum Gasteiger partial charge on any atom is 0.430 e. The summed E-state index contributed by atoms with van der Waals surface area (Å²) in [6.07, 6.45) is -7.69. The zero-order valence-corrected chi connectivity index (χ0v) is 17.6. The molecule has 2 aliphatic heterocycles. The van der Waals surface area contributed by atoms with Crippen LogP contribution >= 0.6 is 0 Å². The number of rotatable bonds is 5. The molecule has 0 bridgehead atoms. The van der Waals surface area contributed by atoms with Gasteiger partial charge in [-0.2, -0.15) is 13.2 Å². The highest BCUT2D eigenvalue weighted by molar-refractivity contribution is 5.96. The lowest BCUT2D eigenvalue weighted by molar-refractivity contribution is -0.670. The lowest BCUT2D eigenvalue weighted by atomic mass is 9.95. The van der Waals surface area contributed by atoms with Gasteiger partial charge in [0.15, 0.2) is 0 Å². The van der Waals surface area contributed by atoms with E-state index >= 15 is 0 Å². The van der Waals surface area contributed by atoms with Gasteiger partial charge in [-0.05, 0) is 18.2 Å². The number of carbonyl (C=O) groups excluding carboxylic acids is 1. The first kappa shape index (κ1) is 30.6. The van der Waals surface area contributed by atoms with Crippen molar-refractivity contribution in [2.75, 3.05) is 19.9 Å². The minimum atomic E-state index is -5.19. The average molecular weight is 520 g/mol. The number of carbonyl (C=O) groups is 1. The van der Waals surface area contributed by atoms with Gasteiger partial charge in [0.2, 0.25) is 12.9 Å². The van der Waals surface area contributed by atoms with E-state index in [1.54, 1.807) is 0 Å². The largest absolute Gasteiger partial charge is 0.475 e. The smallest absolute Gasteiger partial charge is 0.430 e. The van der Waals surface area contributed by atoms with Gasteiger partial charge < -0.3 is 50.5 Å². The molecule has 3 rings (SSSR count). The van der Waals surface area contributed by atoms with Gasteiger partial charge in [0.05, 0.1) is 17.2 Å². The molecule has 2 aliphatic rings. The Kier molecular flexibility index (Phi) is 10.5. The maximum absolute atomic E-state index is 13.3. The number of quaternary nitrogens is 1. The van der Waals surface area contributed by atoms with E-state index < -0.39 is 65.0 Å². The number of aliphatic hydroxyl groups excluding tert-OH is 1. The van der Waals surface area contributed by atoms with Crippen LogP contribution in [0.4, 0.5) is 13.2 Å². The fourth-order valence-corrected chi connectivity index (χ4v) is 2.61. The number of hydrogen-bond acceptors (Lipinski definition) is 14. The molecule has 0 spiro atoms. The molecule has 0 amide bonds. The Hall–Kier alpha value is -2.46. The van der Waals surface area contributed by atoms with Crippen molar-refractivity contribution >= 4 is 12.0 Å².